The maximum atomic E-state index is 15.7. The molecule has 1 amide bonds. The molecule has 136 valence electrons. The molecule has 0 radical (unpaired) electrons. The number of carbonyl (C=O) groups is 2. The van der Waals surface area contributed by atoms with E-state index in [1.807, 2.05) is 0 Å². The van der Waals surface area contributed by atoms with Crippen LogP contribution >= 0.6 is 11.3 Å². The van der Waals surface area contributed by atoms with E-state index in [1.165, 1.54) is 31.4 Å². The van der Waals surface area contributed by atoms with Crippen molar-refractivity contribution < 1.29 is 23.1 Å². The maximum Gasteiger partial charge on any atom is 0.275 e. The molecule has 4 nitrogen and oxygen atoms in total. The minimum Gasteiger partial charge on any atom is -0.497 e. The number of amides is 1. The van der Waals surface area contributed by atoms with Crippen LogP contribution in [0.4, 0.5) is 13.8 Å². The zero-order valence-corrected chi connectivity index (χ0v) is 14.9. The molecular formula is C20H13F2NO3S. The summed E-state index contributed by atoms with van der Waals surface area (Å²) in [5.41, 5.74) is -2.87. The third-order valence-electron chi connectivity index (χ3n) is 4.48. The van der Waals surface area contributed by atoms with Crippen LogP contribution in [0.2, 0.25) is 0 Å². The van der Waals surface area contributed by atoms with Crippen molar-refractivity contribution in [1.29, 1.82) is 0 Å². The van der Waals surface area contributed by atoms with E-state index < -0.39 is 22.5 Å². The van der Waals surface area contributed by atoms with Gasteiger partial charge in [0, 0.05) is 11.1 Å². The second kappa shape index (κ2) is 6.28. The van der Waals surface area contributed by atoms with E-state index in [-0.39, 0.29) is 21.7 Å². The maximum absolute atomic E-state index is 15.7. The molecule has 1 N–H and O–H groups in total. The lowest BCUT2D eigenvalue weighted by molar-refractivity contribution is -0.125. The number of anilines is 1. The Morgan fingerprint density at radius 1 is 1.04 bits per heavy atom. The van der Waals surface area contributed by atoms with Crippen LogP contribution in [0.1, 0.15) is 15.9 Å². The largest absolute Gasteiger partial charge is 0.497 e. The Balaban J connectivity index is 1.93. The summed E-state index contributed by atoms with van der Waals surface area (Å²) in [6, 6.07) is 13.9. The smallest absolute Gasteiger partial charge is 0.275 e. The molecule has 4 rings (SSSR count). The van der Waals surface area contributed by atoms with Gasteiger partial charge < -0.3 is 10.1 Å². The third-order valence-corrected chi connectivity index (χ3v) is 5.37. The molecule has 1 aliphatic rings. The fourth-order valence-electron chi connectivity index (χ4n) is 3.14. The van der Waals surface area contributed by atoms with Crippen LogP contribution in [0.15, 0.2) is 54.6 Å². The first-order valence-corrected chi connectivity index (χ1v) is 8.86. The number of hydrogen-bond donors (Lipinski definition) is 1. The Kier molecular flexibility index (Phi) is 4.04. The summed E-state index contributed by atoms with van der Waals surface area (Å²) in [6.45, 7) is 0. The quantitative estimate of drug-likeness (QED) is 0.673. The molecule has 0 saturated carbocycles. The van der Waals surface area contributed by atoms with Gasteiger partial charge in [0.25, 0.3) is 11.6 Å². The number of carbonyl (C=O) groups excluding carboxylic acids is 2. The van der Waals surface area contributed by atoms with Gasteiger partial charge in [-0.25, -0.2) is 4.39 Å². The molecule has 1 atom stereocenters. The van der Waals surface area contributed by atoms with E-state index in [1.54, 1.807) is 30.3 Å². The van der Waals surface area contributed by atoms with Crippen molar-refractivity contribution in [2.45, 2.75) is 5.67 Å². The first-order chi connectivity index (χ1) is 13.0. The number of Topliss-reactive ketones (excluding diaryl/α,β-unsaturated/α-hetero) is 1. The van der Waals surface area contributed by atoms with Crippen molar-refractivity contribution in [1.82, 2.24) is 0 Å². The lowest BCUT2D eigenvalue weighted by atomic mass is 9.83. The van der Waals surface area contributed by atoms with Gasteiger partial charge in [0.15, 0.2) is 5.13 Å². The summed E-state index contributed by atoms with van der Waals surface area (Å²) < 4.78 is 35.6. The van der Waals surface area contributed by atoms with Crippen LogP contribution in [0.3, 0.4) is 0 Å². The van der Waals surface area contributed by atoms with Crippen LogP contribution < -0.4 is 10.1 Å². The Hall–Kier alpha value is -3.06. The van der Waals surface area contributed by atoms with Crippen molar-refractivity contribution in [3.63, 3.8) is 0 Å². The van der Waals surface area contributed by atoms with E-state index in [0.717, 1.165) is 0 Å². The number of halogens is 2. The Morgan fingerprint density at radius 2 is 1.78 bits per heavy atom. The zero-order valence-electron chi connectivity index (χ0n) is 14.1. The second-order valence-electron chi connectivity index (χ2n) is 5.99. The molecule has 27 heavy (non-hydrogen) atoms. The number of thiophene rings is 1. The molecule has 0 bridgehead atoms. The molecule has 0 fully saturated rings. The minimum atomic E-state index is -2.92. The van der Waals surface area contributed by atoms with Gasteiger partial charge in [0.2, 0.25) is 5.78 Å². The van der Waals surface area contributed by atoms with E-state index in [0.29, 0.717) is 22.6 Å². The standard InChI is InChI=1S/C20H13F2NO3S/c1-26-13-9-5-6-11(10-13)14-15-16(24)20(22,12-7-3-2-4-8-12)19(25)23-18(15)27-17(14)21/h2-10H,1H3,(H,23,25). The van der Waals surface area contributed by atoms with Crippen molar-refractivity contribution in [2.24, 2.45) is 0 Å². The predicted molar refractivity (Wildman–Crippen MR) is 98.5 cm³/mol. The van der Waals surface area contributed by atoms with Gasteiger partial charge in [-0.1, -0.05) is 53.8 Å². The predicted octanol–water partition coefficient (Wildman–Crippen LogP) is 4.56. The monoisotopic (exact) mass is 385 g/mol. The summed E-state index contributed by atoms with van der Waals surface area (Å²) >= 11 is 0.602. The topological polar surface area (TPSA) is 55.4 Å². The number of benzene rings is 2. The summed E-state index contributed by atoms with van der Waals surface area (Å²) in [4.78, 5) is 25.5. The summed E-state index contributed by atoms with van der Waals surface area (Å²) in [5, 5.41) is 1.67. The summed E-state index contributed by atoms with van der Waals surface area (Å²) in [7, 11) is 1.46. The third kappa shape index (κ3) is 2.54. The highest BCUT2D eigenvalue weighted by Crippen LogP contribution is 2.47. The molecule has 2 aromatic carbocycles. The van der Waals surface area contributed by atoms with Crippen LogP contribution in [0.5, 0.6) is 5.75 Å². The number of methoxy groups -OCH3 is 1. The number of fused-ring (bicyclic) bond motifs is 1. The van der Waals surface area contributed by atoms with E-state index >= 15 is 4.39 Å². The average molecular weight is 385 g/mol. The number of nitrogens with one attached hydrogen (secondary N) is 1. The normalized spacial score (nSPS) is 18.8. The molecule has 7 heteroatoms. The summed E-state index contributed by atoms with van der Waals surface area (Å²) in [5.74, 6) is -1.73. The van der Waals surface area contributed by atoms with E-state index in [2.05, 4.69) is 5.32 Å². The Labute approximate surface area is 157 Å². The highest BCUT2D eigenvalue weighted by atomic mass is 32.1. The van der Waals surface area contributed by atoms with Crippen LogP contribution in [0.25, 0.3) is 11.1 Å². The Bertz CT molecular complexity index is 1060. The van der Waals surface area contributed by atoms with Crippen LogP contribution in [-0.4, -0.2) is 18.8 Å². The first-order valence-electron chi connectivity index (χ1n) is 8.04. The van der Waals surface area contributed by atoms with Crippen LogP contribution in [0, 0.1) is 5.13 Å². The molecule has 3 aromatic rings. The average Bonchev–Trinajstić information content (AvgIpc) is 3.02. The SMILES string of the molecule is COc1cccc(-c2c(F)sc3c2C(=O)C(F)(c2ccccc2)C(=O)N3)c1. The zero-order chi connectivity index (χ0) is 19.2. The fraction of sp³-hybridized carbons (Fsp3) is 0.100. The van der Waals surface area contributed by atoms with Gasteiger partial charge in [-0.15, -0.1) is 0 Å². The van der Waals surface area contributed by atoms with Gasteiger partial charge in [-0.05, 0) is 17.7 Å². The van der Waals surface area contributed by atoms with Crippen LogP contribution in [-0.2, 0) is 10.5 Å². The number of ether oxygens (including phenoxy) is 1. The first kappa shape index (κ1) is 17.4. The number of ketones is 1. The molecule has 1 unspecified atom stereocenters. The summed E-state index contributed by atoms with van der Waals surface area (Å²) in [6.07, 6.45) is 0. The second-order valence-corrected chi connectivity index (χ2v) is 6.97. The van der Waals surface area contributed by atoms with Crippen molar-refractivity contribution in [2.75, 3.05) is 12.4 Å². The number of alkyl halides is 1. The molecule has 0 spiro atoms. The van der Waals surface area contributed by atoms with Gasteiger partial charge >= 0.3 is 0 Å². The lowest BCUT2D eigenvalue weighted by Crippen LogP contribution is -2.47. The molecule has 0 saturated heterocycles. The molecule has 1 aromatic heterocycles. The fourth-order valence-corrected chi connectivity index (χ4v) is 4.08. The van der Waals surface area contributed by atoms with Gasteiger partial charge in [-0.3, -0.25) is 9.59 Å². The van der Waals surface area contributed by atoms with Gasteiger partial charge in [-0.2, -0.15) is 4.39 Å². The number of rotatable bonds is 3. The molecular weight excluding hydrogens is 372 g/mol. The molecule has 2 heterocycles. The van der Waals surface area contributed by atoms with E-state index in [9.17, 15) is 14.0 Å². The molecule has 1 aliphatic heterocycles. The van der Waals surface area contributed by atoms with Gasteiger partial charge in [0.1, 0.15) is 10.8 Å². The molecule has 0 aliphatic carbocycles. The lowest BCUT2D eigenvalue weighted by Gasteiger charge is -2.28. The van der Waals surface area contributed by atoms with Crippen molar-refractivity contribution in [3.05, 3.63) is 70.9 Å². The van der Waals surface area contributed by atoms with Crippen molar-refractivity contribution in [3.8, 4) is 16.9 Å². The highest BCUT2D eigenvalue weighted by molar-refractivity contribution is 7.15. The van der Waals surface area contributed by atoms with E-state index in [4.69, 9.17) is 4.74 Å². The highest BCUT2D eigenvalue weighted by Gasteiger charge is 2.54. The Morgan fingerprint density at radius 3 is 2.48 bits per heavy atom. The van der Waals surface area contributed by atoms with Gasteiger partial charge in [0.05, 0.1) is 12.7 Å². The number of hydrogen-bond acceptors (Lipinski definition) is 4. The van der Waals surface area contributed by atoms with Crippen molar-refractivity contribution >= 4 is 28.0 Å². The minimum absolute atomic E-state index is 0.00419.